The Labute approximate surface area is 123 Å². The highest BCUT2D eigenvalue weighted by molar-refractivity contribution is 8.00. The Bertz CT molecular complexity index is 426. The van der Waals surface area contributed by atoms with E-state index in [9.17, 15) is 9.59 Å². The lowest BCUT2D eigenvalue weighted by Crippen LogP contribution is -2.38. The van der Waals surface area contributed by atoms with E-state index in [0.29, 0.717) is 18.9 Å². The summed E-state index contributed by atoms with van der Waals surface area (Å²) in [4.78, 5) is 30.1. The van der Waals surface area contributed by atoms with Gasteiger partial charge in [0.15, 0.2) is 0 Å². The Kier molecular flexibility index (Phi) is 7.72. The molecule has 1 heterocycles. The van der Waals surface area contributed by atoms with Gasteiger partial charge in [-0.15, -0.1) is 11.8 Å². The van der Waals surface area contributed by atoms with Crippen molar-refractivity contribution in [3.63, 3.8) is 0 Å². The van der Waals surface area contributed by atoms with Crippen molar-refractivity contribution >= 4 is 23.6 Å². The third-order valence-electron chi connectivity index (χ3n) is 2.48. The molecular weight excluding hydrogens is 276 g/mol. The van der Waals surface area contributed by atoms with Crippen molar-refractivity contribution in [3.8, 4) is 0 Å². The molecule has 0 aliphatic rings. The molecule has 0 aliphatic carbocycles. The van der Waals surface area contributed by atoms with E-state index < -0.39 is 0 Å². The first-order chi connectivity index (χ1) is 9.67. The summed E-state index contributed by atoms with van der Waals surface area (Å²) in [6.45, 7) is 4.65. The van der Waals surface area contributed by atoms with E-state index >= 15 is 0 Å². The second-order valence-corrected chi connectivity index (χ2v) is 5.14. The summed E-state index contributed by atoms with van der Waals surface area (Å²) in [5, 5.41) is 0. The van der Waals surface area contributed by atoms with Crippen LogP contribution in [0.2, 0.25) is 0 Å². The number of pyridine rings is 1. The number of esters is 1. The van der Waals surface area contributed by atoms with Gasteiger partial charge in [-0.25, -0.2) is 0 Å². The van der Waals surface area contributed by atoms with Gasteiger partial charge in [0.05, 0.1) is 12.4 Å². The van der Waals surface area contributed by atoms with Crippen LogP contribution < -0.4 is 0 Å². The minimum Gasteiger partial charge on any atom is -0.465 e. The maximum atomic E-state index is 12.1. The van der Waals surface area contributed by atoms with Gasteiger partial charge in [-0.05, 0) is 25.5 Å². The Hall–Kier alpha value is -1.56. The predicted molar refractivity (Wildman–Crippen MR) is 78.5 cm³/mol. The number of amides is 1. The van der Waals surface area contributed by atoms with Crippen LogP contribution in [-0.2, 0) is 14.3 Å². The molecule has 6 heteroatoms. The van der Waals surface area contributed by atoms with Crippen LogP contribution in [0.1, 0.15) is 20.3 Å². The molecule has 1 amide bonds. The number of aromatic nitrogens is 1. The van der Waals surface area contributed by atoms with E-state index in [2.05, 4.69) is 4.98 Å². The summed E-state index contributed by atoms with van der Waals surface area (Å²) in [6, 6.07) is 3.71. The number of carbonyl (C=O) groups is 2. The SMILES string of the molecule is CCCN(CC(=O)OCC)C(=O)CSc1ccncc1. The largest absolute Gasteiger partial charge is 0.465 e. The summed E-state index contributed by atoms with van der Waals surface area (Å²) >= 11 is 1.44. The van der Waals surface area contributed by atoms with Gasteiger partial charge in [0.1, 0.15) is 6.54 Å². The summed E-state index contributed by atoms with van der Waals surface area (Å²) in [5.74, 6) is -0.103. The standard InChI is InChI=1S/C14H20N2O3S/c1-3-9-16(10-14(18)19-4-2)13(17)11-20-12-5-7-15-8-6-12/h5-8H,3-4,9-11H2,1-2H3. The molecule has 0 fully saturated rings. The van der Waals surface area contributed by atoms with Crippen molar-refractivity contribution in [3.05, 3.63) is 24.5 Å². The summed E-state index contributed by atoms with van der Waals surface area (Å²) < 4.78 is 4.88. The number of rotatable bonds is 8. The van der Waals surface area contributed by atoms with Crippen molar-refractivity contribution in [1.29, 1.82) is 0 Å². The molecule has 0 N–H and O–H groups in total. The molecule has 0 bridgehead atoms. The molecule has 5 nitrogen and oxygen atoms in total. The molecule has 0 saturated carbocycles. The first-order valence-electron chi connectivity index (χ1n) is 6.63. The number of thioether (sulfide) groups is 1. The molecule has 0 atom stereocenters. The fourth-order valence-electron chi connectivity index (χ4n) is 1.60. The molecule has 0 saturated heterocycles. The minimum absolute atomic E-state index is 0.0252. The van der Waals surface area contributed by atoms with Gasteiger partial charge >= 0.3 is 5.97 Å². The Morgan fingerprint density at radius 3 is 2.60 bits per heavy atom. The molecule has 0 radical (unpaired) electrons. The molecule has 0 unspecified atom stereocenters. The minimum atomic E-state index is -0.358. The van der Waals surface area contributed by atoms with Crippen LogP contribution in [0.5, 0.6) is 0 Å². The first-order valence-corrected chi connectivity index (χ1v) is 7.62. The van der Waals surface area contributed by atoms with Crippen LogP contribution in [0.25, 0.3) is 0 Å². The zero-order chi connectivity index (χ0) is 14.8. The highest BCUT2D eigenvalue weighted by atomic mass is 32.2. The van der Waals surface area contributed by atoms with E-state index in [1.807, 2.05) is 19.1 Å². The second-order valence-electron chi connectivity index (χ2n) is 4.09. The summed E-state index contributed by atoms with van der Waals surface area (Å²) in [7, 11) is 0. The van der Waals surface area contributed by atoms with E-state index in [4.69, 9.17) is 4.74 Å². The molecule has 1 rings (SSSR count). The quantitative estimate of drug-likeness (QED) is 0.542. The zero-order valence-corrected chi connectivity index (χ0v) is 12.7. The molecule has 1 aromatic heterocycles. The molecular formula is C14H20N2O3S. The monoisotopic (exact) mass is 296 g/mol. The maximum absolute atomic E-state index is 12.1. The fraction of sp³-hybridized carbons (Fsp3) is 0.500. The van der Waals surface area contributed by atoms with Crippen LogP contribution in [0.3, 0.4) is 0 Å². The molecule has 110 valence electrons. The number of nitrogens with zero attached hydrogens (tertiary/aromatic N) is 2. The van der Waals surface area contributed by atoms with Crippen LogP contribution in [0, 0.1) is 0 Å². The van der Waals surface area contributed by atoms with Crippen LogP contribution in [0.15, 0.2) is 29.4 Å². The third-order valence-corrected chi connectivity index (χ3v) is 3.48. The van der Waals surface area contributed by atoms with Gasteiger partial charge in [0.25, 0.3) is 0 Å². The highest BCUT2D eigenvalue weighted by Crippen LogP contribution is 2.16. The lowest BCUT2D eigenvalue weighted by atomic mass is 10.4. The van der Waals surface area contributed by atoms with Gasteiger partial charge in [-0.1, -0.05) is 6.92 Å². The molecule has 1 aromatic rings. The normalized spacial score (nSPS) is 10.1. The summed E-state index contributed by atoms with van der Waals surface area (Å²) in [6.07, 6.45) is 4.19. The second kappa shape index (κ2) is 9.36. The van der Waals surface area contributed by atoms with E-state index in [-0.39, 0.29) is 18.4 Å². The smallest absolute Gasteiger partial charge is 0.325 e. The first kappa shape index (κ1) is 16.5. The number of hydrogen-bond acceptors (Lipinski definition) is 5. The van der Waals surface area contributed by atoms with Crippen LogP contribution >= 0.6 is 11.8 Å². The number of ether oxygens (including phenoxy) is 1. The highest BCUT2D eigenvalue weighted by Gasteiger charge is 2.17. The van der Waals surface area contributed by atoms with Crippen molar-refractivity contribution in [2.45, 2.75) is 25.2 Å². The van der Waals surface area contributed by atoms with E-state index in [0.717, 1.165) is 11.3 Å². The van der Waals surface area contributed by atoms with Crippen LogP contribution in [-0.4, -0.2) is 47.2 Å². The molecule has 0 spiro atoms. The Morgan fingerprint density at radius 1 is 1.30 bits per heavy atom. The Morgan fingerprint density at radius 2 is 2.00 bits per heavy atom. The lowest BCUT2D eigenvalue weighted by Gasteiger charge is -2.20. The molecule has 0 aliphatic heterocycles. The van der Waals surface area contributed by atoms with Gasteiger partial charge in [0.2, 0.25) is 5.91 Å². The molecule has 0 aromatic carbocycles. The average molecular weight is 296 g/mol. The Balaban J connectivity index is 2.49. The van der Waals surface area contributed by atoms with E-state index in [1.165, 1.54) is 11.8 Å². The van der Waals surface area contributed by atoms with Gasteiger partial charge < -0.3 is 9.64 Å². The number of hydrogen-bond donors (Lipinski definition) is 0. The van der Waals surface area contributed by atoms with Crippen molar-refractivity contribution in [2.75, 3.05) is 25.4 Å². The van der Waals surface area contributed by atoms with Crippen molar-refractivity contribution in [2.24, 2.45) is 0 Å². The maximum Gasteiger partial charge on any atom is 0.325 e. The summed E-state index contributed by atoms with van der Waals surface area (Å²) in [5.41, 5.74) is 0. The van der Waals surface area contributed by atoms with Crippen molar-refractivity contribution in [1.82, 2.24) is 9.88 Å². The van der Waals surface area contributed by atoms with Gasteiger partial charge in [-0.3, -0.25) is 14.6 Å². The zero-order valence-electron chi connectivity index (χ0n) is 11.9. The molecule has 20 heavy (non-hydrogen) atoms. The average Bonchev–Trinajstić information content (AvgIpc) is 2.45. The fourth-order valence-corrected chi connectivity index (χ4v) is 2.38. The van der Waals surface area contributed by atoms with Gasteiger partial charge in [-0.2, -0.15) is 0 Å². The third kappa shape index (κ3) is 6.06. The topological polar surface area (TPSA) is 59.5 Å². The van der Waals surface area contributed by atoms with Gasteiger partial charge in [0, 0.05) is 23.8 Å². The van der Waals surface area contributed by atoms with Crippen LogP contribution in [0.4, 0.5) is 0 Å². The number of carbonyl (C=O) groups excluding carboxylic acids is 2. The lowest BCUT2D eigenvalue weighted by molar-refractivity contribution is -0.148. The predicted octanol–water partition coefficient (Wildman–Crippen LogP) is 1.98. The van der Waals surface area contributed by atoms with E-state index in [1.54, 1.807) is 24.2 Å². The van der Waals surface area contributed by atoms with Crippen molar-refractivity contribution < 1.29 is 14.3 Å².